The maximum Gasteiger partial charge on any atom is 0.312 e. The molecule has 0 fully saturated rings. The van der Waals surface area contributed by atoms with Crippen molar-refractivity contribution in [3.05, 3.63) is 41.1 Å². The van der Waals surface area contributed by atoms with Crippen LogP contribution in [0.15, 0.2) is 28.7 Å². The van der Waals surface area contributed by atoms with Crippen molar-refractivity contribution in [2.45, 2.75) is 13.0 Å². The molecule has 94 valence electrons. The summed E-state index contributed by atoms with van der Waals surface area (Å²) in [4.78, 5) is 10.4. The molecule has 1 heterocycles. The minimum absolute atomic E-state index is 0.0483. The van der Waals surface area contributed by atoms with Crippen LogP contribution in [0.3, 0.4) is 0 Å². The Morgan fingerprint density at radius 3 is 2.89 bits per heavy atom. The van der Waals surface area contributed by atoms with Gasteiger partial charge in [-0.05, 0) is 18.2 Å². The lowest BCUT2D eigenvalue weighted by Crippen LogP contribution is -1.99. The van der Waals surface area contributed by atoms with Crippen LogP contribution in [0.4, 0.5) is 0 Å². The standard InChI is InChI=1S/C11H9ClN2O4/c12-7-2-1-3-8(4-7)17-6-10-14-13-9(18-10)5-11(15)16/h1-4H,5-6H2,(H,15,16). The number of hydrogen-bond acceptors (Lipinski definition) is 5. The summed E-state index contributed by atoms with van der Waals surface area (Å²) in [6.45, 7) is 0.0625. The number of nitrogens with zero attached hydrogens (tertiary/aromatic N) is 2. The lowest BCUT2D eigenvalue weighted by Gasteiger charge is -2.02. The van der Waals surface area contributed by atoms with Gasteiger partial charge in [-0.25, -0.2) is 0 Å². The monoisotopic (exact) mass is 268 g/mol. The van der Waals surface area contributed by atoms with Crippen LogP contribution in [-0.2, 0) is 17.8 Å². The fourth-order valence-electron chi connectivity index (χ4n) is 1.25. The number of aliphatic carboxylic acids is 1. The quantitative estimate of drug-likeness (QED) is 0.892. The molecule has 0 aliphatic heterocycles. The molecule has 0 aliphatic carbocycles. The Labute approximate surface area is 107 Å². The molecule has 7 heteroatoms. The number of hydrogen-bond donors (Lipinski definition) is 1. The Bertz CT molecular complexity index is 555. The second-order valence-corrected chi connectivity index (χ2v) is 3.84. The van der Waals surface area contributed by atoms with E-state index in [9.17, 15) is 4.79 Å². The molecule has 18 heavy (non-hydrogen) atoms. The Kier molecular flexibility index (Phi) is 3.78. The minimum Gasteiger partial charge on any atom is -0.484 e. The minimum atomic E-state index is -1.03. The molecule has 0 radical (unpaired) electrons. The highest BCUT2D eigenvalue weighted by molar-refractivity contribution is 6.30. The molecule has 2 aromatic rings. The molecule has 0 saturated heterocycles. The topological polar surface area (TPSA) is 85.5 Å². The van der Waals surface area contributed by atoms with Crippen molar-refractivity contribution in [2.75, 3.05) is 0 Å². The third-order valence-corrected chi connectivity index (χ3v) is 2.20. The molecule has 6 nitrogen and oxygen atoms in total. The highest BCUT2D eigenvalue weighted by Crippen LogP contribution is 2.18. The van der Waals surface area contributed by atoms with E-state index < -0.39 is 5.97 Å². The molecule has 0 aliphatic rings. The van der Waals surface area contributed by atoms with Crippen molar-refractivity contribution in [1.29, 1.82) is 0 Å². The van der Waals surface area contributed by atoms with Gasteiger partial charge in [0.05, 0.1) is 0 Å². The van der Waals surface area contributed by atoms with E-state index >= 15 is 0 Å². The summed E-state index contributed by atoms with van der Waals surface area (Å²) >= 11 is 5.79. The van der Waals surface area contributed by atoms with Crippen LogP contribution < -0.4 is 4.74 Å². The normalized spacial score (nSPS) is 10.3. The van der Waals surface area contributed by atoms with Gasteiger partial charge in [-0.2, -0.15) is 0 Å². The van der Waals surface area contributed by atoms with Gasteiger partial charge in [-0.15, -0.1) is 10.2 Å². The highest BCUT2D eigenvalue weighted by atomic mass is 35.5. The van der Waals surface area contributed by atoms with E-state index in [1.807, 2.05) is 0 Å². The van der Waals surface area contributed by atoms with Gasteiger partial charge in [0.15, 0.2) is 6.61 Å². The molecule has 0 amide bonds. The van der Waals surface area contributed by atoms with Gasteiger partial charge in [0.1, 0.15) is 12.2 Å². The van der Waals surface area contributed by atoms with Gasteiger partial charge >= 0.3 is 5.97 Å². The van der Waals surface area contributed by atoms with Crippen LogP contribution in [0.5, 0.6) is 5.75 Å². The van der Waals surface area contributed by atoms with Gasteiger partial charge in [0.2, 0.25) is 5.89 Å². The van der Waals surface area contributed by atoms with Crippen molar-refractivity contribution < 1.29 is 19.1 Å². The van der Waals surface area contributed by atoms with E-state index in [0.717, 1.165) is 0 Å². The zero-order valence-electron chi connectivity index (χ0n) is 9.17. The highest BCUT2D eigenvalue weighted by Gasteiger charge is 2.10. The smallest absolute Gasteiger partial charge is 0.312 e. The van der Waals surface area contributed by atoms with Crippen molar-refractivity contribution >= 4 is 17.6 Å². The Morgan fingerprint density at radius 2 is 2.17 bits per heavy atom. The van der Waals surface area contributed by atoms with E-state index in [0.29, 0.717) is 10.8 Å². The third kappa shape index (κ3) is 3.46. The van der Waals surface area contributed by atoms with Crippen LogP contribution >= 0.6 is 11.6 Å². The van der Waals surface area contributed by atoms with Crippen molar-refractivity contribution in [2.24, 2.45) is 0 Å². The van der Waals surface area contributed by atoms with E-state index in [2.05, 4.69) is 10.2 Å². The first kappa shape index (κ1) is 12.4. The van der Waals surface area contributed by atoms with Crippen molar-refractivity contribution in [3.63, 3.8) is 0 Å². The van der Waals surface area contributed by atoms with E-state index in [1.54, 1.807) is 24.3 Å². The third-order valence-electron chi connectivity index (χ3n) is 1.97. The largest absolute Gasteiger partial charge is 0.484 e. The molecule has 0 unspecified atom stereocenters. The first-order chi connectivity index (χ1) is 8.63. The fraction of sp³-hybridized carbons (Fsp3) is 0.182. The molecule has 2 rings (SSSR count). The maximum atomic E-state index is 10.4. The second kappa shape index (κ2) is 5.50. The van der Waals surface area contributed by atoms with Gasteiger partial charge in [0, 0.05) is 5.02 Å². The molecular weight excluding hydrogens is 260 g/mol. The van der Waals surface area contributed by atoms with E-state index in [1.165, 1.54) is 0 Å². The lowest BCUT2D eigenvalue weighted by molar-refractivity contribution is -0.136. The number of rotatable bonds is 5. The van der Waals surface area contributed by atoms with Gasteiger partial charge < -0.3 is 14.3 Å². The zero-order valence-corrected chi connectivity index (χ0v) is 9.92. The summed E-state index contributed by atoms with van der Waals surface area (Å²) in [5.41, 5.74) is 0. The van der Waals surface area contributed by atoms with Crippen LogP contribution in [0.2, 0.25) is 5.02 Å². The number of carbonyl (C=O) groups is 1. The second-order valence-electron chi connectivity index (χ2n) is 3.41. The zero-order chi connectivity index (χ0) is 13.0. The number of carboxylic acids is 1. The Balaban J connectivity index is 1.94. The number of halogens is 1. The molecule has 0 bridgehead atoms. The van der Waals surface area contributed by atoms with Crippen molar-refractivity contribution in [3.8, 4) is 5.75 Å². The van der Waals surface area contributed by atoms with Gasteiger partial charge in [0.25, 0.3) is 5.89 Å². The Morgan fingerprint density at radius 1 is 1.39 bits per heavy atom. The predicted molar refractivity (Wildman–Crippen MR) is 61.4 cm³/mol. The van der Waals surface area contributed by atoms with Gasteiger partial charge in [-0.1, -0.05) is 17.7 Å². The summed E-state index contributed by atoms with van der Waals surface area (Å²) < 4.78 is 10.4. The van der Waals surface area contributed by atoms with Crippen LogP contribution in [0.1, 0.15) is 11.8 Å². The number of benzene rings is 1. The SMILES string of the molecule is O=C(O)Cc1nnc(COc2cccc(Cl)c2)o1. The summed E-state index contributed by atoms with van der Waals surface area (Å²) in [6.07, 6.45) is -0.301. The summed E-state index contributed by atoms with van der Waals surface area (Å²) in [5, 5.41) is 16.4. The lowest BCUT2D eigenvalue weighted by atomic mass is 10.3. The first-order valence-electron chi connectivity index (χ1n) is 5.05. The average molecular weight is 269 g/mol. The van der Waals surface area contributed by atoms with Crippen LogP contribution in [0, 0.1) is 0 Å². The molecule has 0 spiro atoms. The van der Waals surface area contributed by atoms with Gasteiger partial charge in [-0.3, -0.25) is 4.79 Å². The molecule has 0 saturated carbocycles. The Hall–Kier alpha value is -2.08. The average Bonchev–Trinajstić information content (AvgIpc) is 2.73. The summed E-state index contributed by atoms with van der Waals surface area (Å²) in [5.74, 6) is -0.195. The number of carboxylic acid groups (broad SMARTS) is 1. The predicted octanol–water partition coefficient (Wildman–Crippen LogP) is 1.93. The molecule has 1 N–H and O–H groups in total. The molecule has 0 atom stereocenters. The summed E-state index contributed by atoms with van der Waals surface area (Å²) in [7, 11) is 0. The summed E-state index contributed by atoms with van der Waals surface area (Å²) in [6, 6.07) is 6.86. The van der Waals surface area contributed by atoms with Crippen molar-refractivity contribution in [1.82, 2.24) is 10.2 Å². The maximum absolute atomic E-state index is 10.4. The fourth-order valence-corrected chi connectivity index (χ4v) is 1.43. The van der Waals surface area contributed by atoms with Crippen LogP contribution in [-0.4, -0.2) is 21.3 Å². The molecule has 1 aromatic heterocycles. The van der Waals surface area contributed by atoms with E-state index in [4.69, 9.17) is 25.9 Å². The van der Waals surface area contributed by atoms with Crippen LogP contribution in [0.25, 0.3) is 0 Å². The first-order valence-corrected chi connectivity index (χ1v) is 5.42. The number of ether oxygens (including phenoxy) is 1. The number of aromatic nitrogens is 2. The molecule has 1 aromatic carbocycles. The molecular formula is C11H9ClN2O4. The van der Waals surface area contributed by atoms with E-state index in [-0.39, 0.29) is 24.8 Å².